The molecule has 3 aromatic carbocycles. The normalized spacial score (nSPS) is 30.3. The fourth-order valence-corrected chi connectivity index (χ4v) is 8.62. The van der Waals surface area contributed by atoms with E-state index in [9.17, 15) is 29.9 Å². The zero-order valence-corrected chi connectivity index (χ0v) is 26.3. The van der Waals surface area contributed by atoms with Crippen LogP contribution in [-0.4, -0.2) is 63.7 Å². The number of hydrogen-bond acceptors (Lipinski definition) is 6. The largest absolute Gasteiger partial charge is 0.481 e. The van der Waals surface area contributed by atoms with Crippen LogP contribution in [-0.2, 0) is 9.59 Å². The highest BCUT2D eigenvalue weighted by atomic mass is 16.6. The number of likely N-dealkylation sites (tertiary alicyclic amines) is 1. The maximum atomic E-state index is 13.9. The molecule has 3 N–H and O–H groups in total. The third kappa shape index (κ3) is 5.42. The van der Waals surface area contributed by atoms with E-state index in [4.69, 9.17) is 0 Å². The first kappa shape index (κ1) is 32.3. The van der Waals surface area contributed by atoms with Crippen molar-refractivity contribution in [1.82, 2.24) is 10.2 Å². The average molecular weight is 614 g/mol. The highest BCUT2D eigenvalue weighted by molar-refractivity contribution is 5.85. The molecule has 2 aliphatic rings. The zero-order valence-electron chi connectivity index (χ0n) is 26.3. The molecule has 0 aliphatic carbocycles. The molecule has 5 rings (SSSR count). The molecule has 0 bridgehead atoms. The summed E-state index contributed by atoms with van der Waals surface area (Å²) in [6.07, 6.45) is 1.37. The summed E-state index contributed by atoms with van der Waals surface area (Å²) in [5.74, 6) is -3.10. The quantitative estimate of drug-likeness (QED) is 0.183. The van der Waals surface area contributed by atoms with Gasteiger partial charge in [0.05, 0.1) is 15.8 Å². The van der Waals surface area contributed by atoms with E-state index in [0.717, 1.165) is 13.0 Å². The van der Waals surface area contributed by atoms with Crippen molar-refractivity contribution in [1.29, 1.82) is 0 Å². The number of rotatable bonds is 10. The number of carbonyl (C=O) groups is 2. The van der Waals surface area contributed by atoms with E-state index in [1.807, 2.05) is 50.2 Å². The Morgan fingerprint density at radius 1 is 0.933 bits per heavy atom. The number of aliphatic carboxylic acids is 2. The Hall–Kier alpha value is -4.08. The molecule has 9 heteroatoms. The molecule has 45 heavy (non-hydrogen) atoms. The van der Waals surface area contributed by atoms with Gasteiger partial charge in [-0.25, -0.2) is 0 Å². The van der Waals surface area contributed by atoms with Crippen LogP contribution in [0.2, 0.25) is 0 Å². The van der Waals surface area contributed by atoms with E-state index in [1.54, 1.807) is 19.9 Å². The standard InChI is InChI=1S/C36H43N3O6/c1-24-35(4,32(40)41)31(28-16-11-17-29(22-28)39(44)45)36(33(42)43,25(2)37-24)34(3)19-21-38(23-34)20-18-30(26-12-7-5-8-13-26)27-14-9-6-10-15-27/h5-17,22,24-25,30-31,37H,18-21,23H2,1-4H3,(H,40,41)(H,42,43)/t24?,25-,31?,34+,35?,36?/m0/s1. The summed E-state index contributed by atoms with van der Waals surface area (Å²) in [6, 6.07) is 25.4. The summed E-state index contributed by atoms with van der Waals surface area (Å²) in [6.45, 7) is 8.99. The summed E-state index contributed by atoms with van der Waals surface area (Å²) in [5, 5.41) is 37.2. The predicted octanol–water partition coefficient (Wildman–Crippen LogP) is 6.15. The van der Waals surface area contributed by atoms with Crippen LogP contribution in [0.25, 0.3) is 0 Å². The lowest BCUT2D eigenvalue weighted by Crippen LogP contribution is -2.73. The van der Waals surface area contributed by atoms with Crippen LogP contribution in [0.4, 0.5) is 5.69 Å². The van der Waals surface area contributed by atoms with E-state index in [-0.39, 0.29) is 11.6 Å². The maximum Gasteiger partial charge on any atom is 0.312 e. The van der Waals surface area contributed by atoms with Crippen molar-refractivity contribution < 1.29 is 24.7 Å². The van der Waals surface area contributed by atoms with Gasteiger partial charge >= 0.3 is 11.9 Å². The number of piperidine rings is 1. The Bertz CT molecular complexity index is 1510. The van der Waals surface area contributed by atoms with Gasteiger partial charge in [-0.05, 0) is 68.8 Å². The van der Waals surface area contributed by atoms with Gasteiger partial charge in [0.1, 0.15) is 0 Å². The van der Waals surface area contributed by atoms with Crippen molar-refractivity contribution in [3.8, 4) is 0 Å². The summed E-state index contributed by atoms with van der Waals surface area (Å²) >= 11 is 0. The number of carboxylic acid groups (broad SMARTS) is 2. The van der Waals surface area contributed by atoms with Gasteiger partial charge < -0.3 is 20.4 Å². The number of nitrogens with zero attached hydrogens (tertiary/aromatic N) is 2. The number of benzene rings is 3. The molecular formula is C36H43N3O6. The highest BCUT2D eigenvalue weighted by Crippen LogP contribution is 2.64. The number of non-ortho nitro benzene ring substituents is 1. The lowest BCUT2D eigenvalue weighted by atomic mass is 9.44. The van der Waals surface area contributed by atoms with Crippen LogP contribution in [0.3, 0.4) is 0 Å². The Kier molecular flexibility index (Phi) is 8.88. The Labute approximate surface area is 264 Å². The van der Waals surface area contributed by atoms with Crippen LogP contribution in [0.15, 0.2) is 84.9 Å². The van der Waals surface area contributed by atoms with E-state index < -0.39 is 51.1 Å². The van der Waals surface area contributed by atoms with Crippen LogP contribution < -0.4 is 5.32 Å². The van der Waals surface area contributed by atoms with Gasteiger partial charge in [0.25, 0.3) is 5.69 Å². The first-order valence-electron chi connectivity index (χ1n) is 15.7. The lowest BCUT2D eigenvalue weighted by molar-refractivity contribution is -0.385. The van der Waals surface area contributed by atoms with Gasteiger partial charge in [0.15, 0.2) is 0 Å². The smallest absolute Gasteiger partial charge is 0.312 e. The van der Waals surface area contributed by atoms with Crippen molar-refractivity contribution in [3.05, 3.63) is 112 Å². The van der Waals surface area contributed by atoms with Crippen molar-refractivity contribution in [3.63, 3.8) is 0 Å². The van der Waals surface area contributed by atoms with Gasteiger partial charge in [-0.2, -0.15) is 0 Å². The van der Waals surface area contributed by atoms with Crippen molar-refractivity contribution in [2.75, 3.05) is 19.6 Å². The predicted molar refractivity (Wildman–Crippen MR) is 172 cm³/mol. The van der Waals surface area contributed by atoms with Gasteiger partial charge in [-0.15, -0.1) is 0 Å². The second-order valence-electron chi connectivity index (χ2n) is 13.4. The summed E-state index contributed by atoms with van der Waals surface area (Å²) in [5.41, 5.74) is -1.40. The molecule has 2 saturated heterocycles. The average Bonchev–Trinajstić information content (AvgIpc) is 3.41. The highest BCUT2D eigenvalue weighted by Gasteiger charge is 2.71. The summed E-state index contributed by atoms with van der Waals surface area (Å²) in [4.78, 5) is 40.6. The van der Waals surface area contributed by atoms with E-state index in [2.05, 4.69) is 34.5 Å². The molecule has 0 radical (unpaired) electrons. The van der Waals surface area contributed by atoms with E-state index >= 15 is 0 Å². The topological polar surface area (TPSA) is 133 Å². The number of nitrogens with one attached hydrogen (secondary N) is 1. The van der Waals surface area contributed by atoms with Crippen molar-refractivity contribution >= 4 is 17.6 Å². The first-order valence-corrected chi connectivity index (χ1v) is 15.7. The van der Waals surface area contributed by atoms with Crippen LogP contribution in [0, 0.1) is 26.4 Å². The molecule has 2 aliphatic heterocycles. The molecule has 0 saturated carbocycles. The third-order valence-electron chi connectivity index (χ3n) is 11.1. The van der Waals surface area contributed by atoms with E-state index in [1.165, 1.54) is 29.3 Å². The van der Waals surface area contributed by atoms with Gasteiger partial charge in [-0.1, -0.05) is 79.7 Å². The first-order chi connectivity index (χ1) is 21.4. The number of nitro groups is 1. The molecule has 0 amide bonds. The van der Waals surface area contributed by atoms with Crippen molar-refractivity contribution in [2.24, 2.45) is 16.2 Å². The van der Waals surface area contributed by atoms with Gasteiger partial charge in [0.2, 0.25) is 0 Å². The number of nitro benzene ring substituents is 1. The fraction of sp³-hybridized carbons (Fsp3) is 0.444. The maximum absolute atomic E-state index is 13.9. The summed E-state index contributed by atoms with van der Waals surface area (Å²) < 4.78 is 0. The van der Waals surface area contributed by atoms with Gasteiger partial charge in [0, 0.05) is 42.6 Å². The summed E-state index contributed by atoms with van der Waals surface area (Å²) in [7, 11) is 0. The monoisotopic (exact) mass is 613 g/mol. The third-order valence-corrected chi connectivity index (χ3v) is 11.1. The molecule has 4 unspecified atom stereocenters. The fourth-order valence-electron chi connectivity index (χ4n) is 8.62. The SMILES string of the molecule is CC1N[C@@H](C)C(C(=O)O)([C@]2(C)CCN(CCC(c3ccccc3)c3ccccc3)C2)C(c2cccc([N+](=O)[O-])c2)C1(C)C(=O)O. The van der Waals surface area contributed by atoms with Crippen LogP contribution in [0.1, 0.15) is 69.1 Å². The molecule has 2 fully saturated rings. The second-order valence-corrected chi connectivity index (χ2v) is 13.4. The van der Waals surface area contributed by atoms with Gasteiger partial charge in [-0.3, -0.25) is 19.7 Å². The number of carboxylic acids is 2. The molecule has 9 nitrogen and oxygen atoms in total. The minimum atomic E-state index is -1.59. The minimum Gasteiger partial charge on any atom is -0.481 e. The molecule has 6 atom stereocenters. The molecule has 238 valence electrons. The van der Waals surface area contributed by atoms with Crippen molar-refractivity contribution in [2.45, 2.75) is 64.5 Å². The zero-order chi connectivity index (χ0) is 32.6. The molecule has 0 aromatic heterocycles. The lowest BCUT2D eigenvalue weighted by Gasteiger charge is -2.61. The molecular weight excluding hydrogens is 570 g/mol. The minimum absolute atomic E-state index is 0.164. The molecule has 3 aromatic rings. The molecule has 2 heterocycles. The number of hydrogen-bond donors (Lipinski definition) is 3. The Balaban J connectivity index is 1.55. The second kappa shape index (κ2) is 12.4. The van der Waals surface area contributed by atoms with Crippen LogP contribution >= 0.6 is 0 Å². The van der Waals surface area contributed by atoms with E-state index in [0.29, 0.717) is 25.1 Å². The molecule has 0 spiro atoms. The Morgan fingerprint density at radius 2 is 1.53 bits per heavy atom. The Morgan fingerprint density at radius 3 is 2.07 bits per heavy atom. The van der Waals surface area contributed by atoms with Crippen LogP contribution in [0.5, 0.6) is 0 Å².